The van der Waals surface area contributed by atoms with Crippen molar-refractivity contribution in [2.75, 3.05) is 21.0 Å². The van der Waals surface area contributed by atoms with Crippen molar-refractivity contribution in [3.05, 3.63) is 59.7 Å². The summed E-state index contributed by atoms with van der Waals surface area (Å²) in [5.74, 6) is -0.415. The van der Waals surface area contributed by atoms with Crippen LogP contribution in [-0.4, -0.2) is 27.0 Å². The van der Waals surface area contributed by atoms with E-state index < -0.39 is 5.97 Å². The van der Waals surface area contributed by atoms with Crippen molar-refractivity contribution in [3.63, 3.8) is 0 Å². The molecule has 0 radical (unpaired) electrons. The van der Waals surface area contributed by atoms with E-state index in [0.29, 0.717) is 12.2 Å². The maximum absolute atomic E-state index is 12.1. The molecule has 2 aromatic rings. The van der Waals surface area contributed by atoms with Crippen LogP contribution in [0.2, 0.25) is 0 Å². The summed E-state index contributed by atoms with van der Waals surface area (Å²) in [6, 6.07) is 15.4. The molecule has 0 atom stereocenters. The standard InChI is InChI=1S/C17H18O4/c1-19-11-16-14(13-7-4-3-5-8-13)9-6-10-15(16)17(18)21-12-20-2/h3-10H,11-12H2,1-2H3. The van der Waals surface area contributed by atoms with Gasteiger partial charge in [-0.25, -0.2) is 4.79 Å². The number of esters is 1. The zero-order chi connectivity index (χ0) is 15.1. The molecule has 0 spiro atoms. The van der Waals surface area contributed by atoms with Crippen molar-refractivity contribution in [1.82, 2.24) is 0 Å². The van der Waals surface area contributed by atoms with E-state index in [-0.39, 0.29) is 6.79 Å². The molecule has 2 aromatic carbocycles. The predicted molar refractivity (Wildman–Crippen MR) is 79.9 cm³/mol. The molecule has 0 aliphatic carbocycles. The maximum Gasteiger partial charge on any atom is 0.340 e. The molecule has 0 unspecified atom stereocenters. The third-order valence-electron chi connectivity index (χ3n) is 3.08. The van der Waals surface area contributed by atoms with Crippen molar-refractivity contribution in [2.45, 2.75) is 6.61 Å². The summed E-state index contributed by atoms with van der Waals surface area (Å²) in [4.78, 5) is 12.1. The smallest absolute Gasteiger partial charge is 0.340 e. The molecule has 4 heteroatoms. The van der Waals surface area contributed by atoms with Crippen LogP contribution in [0.25, 0.3) is 11.1 Å². The topological polar surface area (TPSA) is 44.8 Å². The molecule has 0 amide bonds. The highest BCUT2D eigenvalue weighted by molar-refractivity contribution is 5.93. The van der Waals surface area contributed by atoms with Crippen LogP contribution in [0, 0.1) is 0 Å². The number of benzene rings is 2. The van der Waals surface area contributed by atoms with E-state index in [4.69, 9.17) is 14.2 Å². The number of ether oxygens (including phenoxy) is 3. The van der Waals surface area contributed by atoms with Crippen LogP contribution in [-0.2, 0) is 20.8 Å². The molecule has 0 heterocycles. The lowest BCUT2D eigenvalue weighted by molar-refractivity contribution is -0.0127. The average Bonchev–Trinajstić information content (AvgIpc) is 2.54. The third kappa shape index (κ3) is 3.68. The van der Waals surface area contributed by atoms with Crippen LogP contribution in [0.1, 0.15) is 15.9 Å². The molecule has 110 valence electrons. The molecule has 0 N–H and O–H groups in total. The van der Waals surface area contributed by atoms with Crippen molar-refractivity contribution >= 4 is 5.97 Å². The number of carbonyl (C=O) groups excluding carboxylic acids is 1. The van der Waals surface area contributed by atoms with Crippen molar-refractivity contribution in [2.24, 2.45) is 0 Å². The van der Waals surface area contributed by atoms with Crippen LogP contribution in [0.5, 0.6) is 0 Å². The molecular weight excluding hydrogens is 268 g/mol. The lowest BCUT2D eigenvalue weighted by atomic mass is 9.96. The largest absolute Gasteiger partial charge is 0.435 e. The Morgan fingerprint density at radius 3 is 2.38 bits per heavy atom. The van der Waals surface area contributed by atoms with Gasteiger partial charge in [-0.3, -0.25) is 0 Å². The van der Waals surface area contributed by atoms with Crippen LogP contribution in [0.3, 0.4) is 0 Å². The minimum atomic E-state index is -0.415. The van der Waals surface area contributed by atoms with Gasteiger partial charge in [0.25, 0.3) is 0 Å². The summed E-state index contributed by atoms with van der Waals surface area (Å²) in [7, 11) is 3.08. The van der Waals surface area contributed by atoms with Gasteiger partial charge in [0.05, 0.1) is 12.2 Å². The van der Waals surface area contributed by atoms with Gasteiger partial charge in [-0.15, -0.1) is 0 Å². The number of rotatable bonds is 6. The first kappa shape index (κ1) is 15.2. The maximum atomic E-state index is 12.1. The Bertz CT molecular complexity index is 593. The first-order chi connectivity index (χ1) is 10.3. The summed E-state index contributed by atoms with van der Waals surface area (Å²) < 4.78 is 15.1. The Morgan fingerprint density at radius 1 is 0.952 bits per heavy atom. The second-order valence-electron chi connectivity index (χ2n) is 4.47. The van der Waals surface area contributed by atoms with Crippen LogP contribution in [0.15, 0.2) is 48.5 Å². The quantitative estimate of drug-likeness (QED) is 0.604. The van der Waals surface area contributed by atoms with Crippen molar-refractivity contribution < 1.29 is 19.0 Å². The minimum absolute atomic E-state index is 0.0686. The summed E-state index contributed by atoms with van der Waals surface area (Å²) >= 11 is 0. The molecule has 4 nitrogen and oxygen atoms in total. The number of hydrogen-bond acceptors (Lipinski definition) is 4. The molecule has 21 heavy (non-hydrogen) atoms. The molecule has 2 rings (SSSR count). The highest BCUT2D eigenvalue weighted by Crippen LogP contribution is 2.27. The lowest BCUT2D eigenvalue weighted by Crippen LogP contribution is -2.11. The van der Waals surface area contributed by atoms with E-state index in [2.05, 4.69) is 0 Å². The lowest BCUT2D eigenvalue weighted by Gasteiger charge is -2.14. The predicted octanol–water partition coefficient (Wildman–Crippen LogP) is 3.26. The molecule has 0 aliphatic rings. The van der Waals surface area contributed by atoms with Crippen molar-refractivity contribution in [1.29, 1.82) is 0 Å². The molecule has 0 saturated carbocycles. The summed E-state index contributed by atoms with van der Waals surface area (Å²) in [5, 5.41) is 0. The molecular formula is C17H18O4. The SMILES string of the molecule is COCOC(=O)c1cccc(-c2ccccc2)c1COC. The highest BCUT2D eigenvalue weighted by atomic mass is 16.7. The Hall–Kier alpha value is -2.17. The normalized spacial score (nSPS) is 10.4. The Balaban J connectivity index is 2.44. The molecule has 0 saturated heterocycles. The van der Waals surface area contributed by atoms with E-state index in [1.54, 1.807) is 13.2 Å². The van der Waals surface area contributed by atoms with Gasteiger partial charge in [0.1, 0.15) is 0 Å². The zero-order valence-electron chi connectivity index (χ0n) is 12.2. The minimum Gasteiger partial charge on any atom is -0.435 e. The van der Waals surface area contributed by atoms with Gasteiger partial charge in [0.2, 0.25) is 0 Å². The molecule has 0 fully saturated rings. The molecule has 0 aliphatic heterocycles. The highest BCUT2D eigenvalue weighted by Gasteiger charge is 2.16. The van der Waals surface area contributed by atoms with E-state index in [1.807, 2.05) is 42.5 Å². The number of methoxy groups -OCH3 is 2. The Labute approximate surface area is 124 Å². The zero-order valence-corrected chi connectivity index (χ0v) is 12.2. The van der Waals surface area contributed by atoms with E-state index in [9.17, 15) is 4.79 Å². The van der Waals surface area contributed by atoms with E-state index >= 15 is 0 Å². The van der Waals surface area contributed by atoms with Crippen molar-refractivity contribution in [3.8, 4) is 11.1 Å². The van der Waals surface area contributed by atoms with E-state index in [1.165, 1.54) is 7.11 Å². The van der Waals surface area contributed by atoms with E-state index in [0.717, 1.165) is 16.7 Å². The summed E-state index contributed by atoms with van der Waals surface area (Å²) in [6.07, 6.45) is 0. The van der Waals surface area contributed by atoms with Crippen LogP contribution >= 0.6 is 0 Å². The Kier molecular flexibility index (Phi) is 5.49. The summed E-state index contributed by atoms with van der Waals surface area (Å²) in [6.45, 7) is 0.267. The van der Waals surface area contributed by atoms with Gasteiger partial charge < -0.3 is 14.2 Å². The van der Waals surface area contributed by atoms with Gasteiger partial charge in [0.15, 0.2) is 6.79 Å². The fraction of sp³-hybridized carbons (Fsp3) is 0.235. The van der Waals surface area contributed by atoms with Gasteiger partial charge in [-0.2, -0.15) is 0 Å². The fourth-order valence-electron chi connectivity index (χ4n) is 2.16. The van der Waals surface area contributed by atoms with Gasteiger partial charge >= 0.3 is 5.97 Å². The van der Waals surface area contributed by atoms with Gasteiger partial charge in [-0.05, 0) is 17.2 Å². The van der Waals surface area contributed by atoms with Gasteiger partial charge in [0, 0.05) is 19.8 Å². The first-order valence-electron chi connectivity index (χ1n) is 6.60. The van der Waals surface area contributed by atoms with Crippen LogP contribution in [0.4, 0.5) is 0 Å². The first-order valence-corrected chi connectivity index (χ1v) is 6.60. The average molecular weight is 286 g/mol. The molecule has 0 bridgehead atoms. The Morgan fingerprint density at radius 2 is 1.71 bits per heavy atom. The second kappa shape index (κ2) is 7.57. The number of carbonyl (C=O) groups is 1. The molecule has 0 aromatic heterocycles. The summed E-state index contributed by atoms with van der Waals surface area (Å²) in [5.41, 5.74) is 3.30. The second-order valence-corrected chi connectivity index (χ2v) is 4.47. The number of hydrogen-bond donors (Lipinski definition) is 0. The fourth-order valence-corrected chi connectivity index (χ4v) is 2.16. The van der Waals surface area contributed by atoms with Gasteiger partial charge in [-0.1, -0.05) is 42.5 Å². The third-order valence-corrected chi connectivity index (χ3v) is 3.08. The monoisotopic (exact) mass is 286 g/mol. The van der Waals surface area contributed by atoms with Crippen LogP contribution < -0.4 is 0 Å².